The summed E-state index contributed by atoms with van der Waals surface area (Å²) in [6.45, 7) is 5.59. The molecule has 1 aromatic heterocycles. The summed E-state index contributed by atoms with van der Waals surface area (Å²) in [4.78, 5) is 14.5. The molecule has 1 aliphatic heterocycles. The lowest BCUT2D eigenvalue weighted by Crippen LogP contribution is -2.46. The molecule has 7 nitrogen and oxygen atoms in total. The Labute approximate surface area is 153 Å². The molecule has 1 fully saturated rings. The molecule has 2 aromatic rings. The Morgan fingerprint density at radius 1 is 1.24 bits per heavy atom. The molecule has 8 heteroatoms. The van der Waals surface area contributed by atoms with Gasteiger partial charge in [-0.3, -0.25) is 9.69 Å². The quantitative estimate of drug-likeness (QED) is 0.797. The Morgan fingerprint density at radius 2 is 1.96 bits per heavy atom. The van der Waals surface area contributed by atoms with E-state index in [1.807, 2.05) is 24.3 Å². The van der Waals surface area contributed by atoms with Crippen LogP contribution in [0.5, 0.6) is 5.75 Å². The van der Waals surface area contributed by atoms with Crippen molar-refractivity contribution in [2.24, 2.45) is 0 Å². The van der Waals surface area contributed by atoms with Crippen molar-refractivity contribution in [3.05, 3.63) is 42.2 Å². The Bertz CT molecular complexity index is 668. The maximum atomic E-state index is 12.2. The van der Waals surface area contributed by atoms with Crippen molar-refractivity contribution in [2.45, 2.75) is 0 Å². The van der Waals surface area contributed by atoms with Gasteiger partial charge in [0.15, 0.2) is 5.69 Å². The number of hydrogen-bond acceptors (Lipinski definition) is 5. The second kappa shape index (κ2) is 9.41. The summed E-state index contributed by atoms with van der Waals surface area (Å²) in [5.41, 5.74) is 1.31. The number of carbonyl (C=O) groups excluding carboxylic acids is 1. The van der Waals surface area contributed by atoms with Crippen LogP contribution < -0.4 is 15.4 Å². The average Bonchev–Trinajstić information content (AvgIpc) is 3.13. The number of amides is 1. The SMILES string of the molecule is COc1ccc(-n2ccc(C(=O)NCCN3CCNCC3)n2)cc1.Cl. The number of halogens is 1. The van der Waals surface area contributed by atoms with Crippen molar-refractivity contribution in [1.82, 2.24) is 25.3 Å². The van der Waals surface area contributed by atoms with Crippen LogP contribution >= 0.6 is 12.4 Å². The predicted octanol–water partition coefficient (Wildman–Crippen LogP) is 0.938. The van der Waals surface area contributed by atoms with Crippen molar-refractivity contribution < 1.29 is 9.53 Å². The van der Waals surface area contributed by atoms with Crippen molar-refractivity contribution >= 4 is 18.3 Å². The summed E-state index contributed by atoms with van der Waals surface area (Å²) in [7, 11) is 1.63. The number of nitrogens with one attached hydrogen (secondary N) is 2. The number of nitrogens with zero attached hydrogens (tertiary/aromatic N) is 3. The van der Waals surface area contributed by atoms with Gasteiger partial charge in [-0.2, -0.15) is 5.10 Å². The lowest BCUT2D eigenvalue weighted by molar-refractivity contribution is 0.0942. The zero-order valence-corrected chi connectivity index (χ0v) is 15.1. The number of ether oxygens (including phenoxy) is 1. The van der Waals surface area contributed by atoms with Crippen LogP contribution in [0.3, 0.4) is 0 Å². The smallest absolute Gasteiger partial charge is 0.271 e. The summed E-state index contributed by atoms with van der Waals surface area (Å²) < 4.78 is 6.83. The molecule has 2 N–H and O–H groups in total. The van der Waals surface area contributed by atoms with E-state index in [0.717, 1.165) is 44.2 Å². The van der Waals surface area contributed by atoms with Crippen LogP contribution in [-0.4, -0.2) is 67.0 Å². The summed E-state index contributed by atoms with van der Waals surface area (Å²) in [6.07, 6.45) is 1.78. The minimum atomic E-state index is -0.141. The standard InChI is InChI=1S/C17H23N5O2.ClH/c1-24-15-4-2-14(3-5-15)22-10-6-16(20-22)17(23)19-9-13-21-11-7-18-8-12-21;/h2-6,10,18H,7-9,11-13H2,1H3,(H,19,23);1H. The normalized spacial score (nSPS) is 14.6. The van der Waals surface area contributed by atoms with Gasteiger partial charge in [0.05, 0.1) is 12.8 Å². The first kappa shape index (κ1) is 19.2. The fraction of sp³-hybridized carbons (Fsp3) is 0.412. The van der Waals surface area contributed by atoms with E-state index in [2.05, 4.69) is 20.6 Å². The van der Waals surface area contributed by atoms with Crippen molar-refractivity contribution in [3.63, 3.8) is 0 Å². The van der Waals surface area contributed by atoms with Crippen molar-refractivity contribution in [1.29, 1.82) is 0 Å². The second-order valence-corrected chi connectivity index (χ2v) is 5.69. The fourth-order valence-electron chi connectivity index (χ4n) is 2.68. The van der Waals surface area contributed by atoms with E-state index in [4.69, 9.17) is 4.74 Å². The number of benzene rings is 1. The van der Waals surface area contributed by atoms with Crippen LogP contribution in [0.25, 0.3) is 5.69 Å². The molecule has 1 aromatic carbocycles. The van der Waals surface area contributed by atoms with Gasteiger partial charge in [-0.05, 0) is 30.3 Å². The van der Waals surface area contributed by atoms with Crippen LogP contribution in [0.4, 0.5) is 0 Å². The van der Waals surface area contributed by atoms with Crippen LogP contribution in [0.15, 0.2) is 36.5 Å². The molecule has 0 spiro atoms. The predicted molar refractivity (Wildman–Crippen MR) is 99.0 cm³/mol. The Kier molecular flexibility index (Phi) is 7.24. The lowest BCUT2D eigenvalue weighted by Gasteiger charge is -2.26. The first-order valence-electron chi connectivity index (χ1n) is 8.17. The topological polar surface area (TPSA) is 71.4 Å². The third-order valence-corrected chi connectivity index (χ3v) is 4.08. The van der Waals surface area contributed by atoms with Gasteiger partial charge in [0.2, 0.25) is 0 Å². The Balaban J connectivity index is 0.00000225. The largest absolute Gasteiger partial charge is 0.497 e. The molecular weight excluding hydrogens is 342 g/mol. The monoisotopic (exact) mass is 365 g/mol. The van der Waals surface area contributed by atoms with E-state index < -0.39 is 0 Å². The first-order valence-corrected chi connectivity index (χ1v) is 8.17. The highest BCUT2D eigenvalue weighted by Crippen LogP contribution is 2.14. The lowest BCUT2D eigenvalue weighted by atomic mass is 10.3. The number of hydrogen-bond donors (Lipinski definition) is 2. The average molecular weight is 366 g/mol. The van der Waals surface area contributed by atoms with Crippen LogP contribution in [0, 0.1) is 0 Å². The summed E-state index contributed by atoms with van der Waals surface area (Å²) in [6, 6.07) is 9.26. The molecule has 1 saturated heterocycles. The van der Waals surface area contributed by atoms with E-state index in [0.29, 0.717) is 12.2 Å². The molecule has 3 rings (SSSR count). The summed E-state index contributed by atoms with van der Waals surface area (Å²) in [5, 5.41) is 10.6. The number of carbonyl (C=O) groups is 1. The third kappa shape index (κ3) is 5.19. The molecule has 0 saturated carbocycles. The van der Waals surface area contributed by atoms with Gasteiger partial charge in [0, 0.05) is 45.5 Å². The number of methoxy groups -OCH3 is 1. The van der Waals surface area contributed by atoms with E-state index in [9.17, 15) is 4.79 Å². The molecule has 0 aliphatic carbocycles. The number of rotatable bonds is 6. The molecule has 2 heterocycles. The Morgan fingerprint density at radius 3 is 2.64 bits per heavy atom. The first-order chi connectivity index (χ1) is 11.8. The molecular formula is C17H24ClN5O2. The van der Waals surface area contributed by atoms with Gasteiger partial charge >= 0.3 is 0 Å². The molecule has 1 aliphatic rings. The zero-order chi connectivity index (χ0) is 16.8. The van der Waals surface area contributed by atoms with E-state index in [1.165, 1.54) is 0 Å². The number of piperazine rings is 1. The van der Waals surface area contributed by atoms with E-state index >= 15 is 0 Å². The van der Waals surface area contributed by atoms with Gasteiger partial charge in [-0.15, -0.1) is 12.4 Å². The highest BCUT2D eigenvalue weighted by Gasteiger charge is 2.12. The highest BCUT2D eigenvalue weighted by atomic mass is 35.5. The molecule has 0 bridgehead atoms. The fourth-order valence-corrected chi connectivity index (χ4v) is 2.68. The number of aromatic nitrogens is 2. The van der Waals surface area contributed by atoms with Gasteiger partial charge in [-0.25, -0.2) is 4.68 Å². The molecule has 0 unspecified atom stereocenters. The van der Waals surface area contributed by atoms with Gasteiger partial charge < -0.3 is 15.4 Å². The van der Waals surface area contributed by atoms with Gasteiger partial charge in [0.25, 0.3) is 5.91 Å². The second-order valence-electron chi connectivity index (χ2n) is 5.69. The zero-order valence-electron chi connectivity index (χ0n) is 14.3. The van der Waals surface area contributed by atoms with E-state index in [-0.39, 0.29) is 18.3 Å². The molecule has 136 valence electrons. The van der Waals surface area contributed by atoms with Gasteiger partial charge in [0.1, 0.15) is 5.75 Å². The molecule has 1 amide bonds. The third-order valence-electron chi connectivity index (χ3n) is 4.08. The minimum Gasteiger partial charge on any atom is -0.497 e. The summed E-state index contributed by atoms with van der Waals surface area (Å²) >= 11 is 0. The van der Waals surface area contributed by atoms with Crippen LogP contribution in [0.2, 0.25) is 0 Å². The Hall–Kier alpha value is -2.09. The van der Waals surface area contributed by atoms with Crippen LogP contribution in [-0.2, 0) is 0 Å². The van der Waals surface area contributed by atoms with Gasteiger partial charge in [-0.1, -0.05) is 0 Å². The molecule has 25 heavy (non-hydrogen) atoms. The molecule has 0 atom stereocenters. The summed E-state index contributed by atoms with van der Waals surface area (Å²) in [5.74, 6) is 0.647. The highest BCUT2D eigenvalue weighted by molar-refractivity contribution is 5.92. The molecule has 0 radical (unpaired) electrons. The van der Waals surface area contributed by atoms with E-state index in [1.54, 1.807) is 24.1 Å². The van der Waals surface area contributed by atoms with Crippen molar-refractivity contribution in [2.75, 3.05) is 46.4 Å². The van der Waals surface area contributed by atoms with Crippen molar-refractivity contribution in [3.8, 4) is 11.4 Å². The minimum absolute atomic E-state index is 0. The maximum Gasteiger partial charge on any atom is 0.271 e. The van der Waals surface area contributed by atoms with Crippen LogP contribution in [0.1, 0.15) is 10.5 Å². The maximum absolute atomic E-state index is 12.2.